The van der Waals surface area contributed by atoms with E-state index in [1.165, 1.54) is 24.7 Å². The topological polar surface area (TPSA) is 111 Å². The van der Waals surface area contributed by atoms with Crippen LogP contribution in [-0.2, 0) is 16.4 Å². The number of sulfone groups is 1. The zero-order valence-electron chi connectivity index (χ0n) is 21.5. The van der Waals surface area contributed by atoms with Gasteiger partial charge in [0.25, 0.3) is 0 Å². The zero-order chi connectivity index (χ0) is 27.2. The minimum absolute atomic E-state index is 0.0173. The fourth-order valence-corrected chi connectivity index (χ4v) is 4.77. The van der Waals surface area contributed by atoms with Gasteiger partial charge in [0.05, 0.1) is 35.4 Å². The van der Waals surface area contributed by atoms with E-state index in [9.17, 15) is 12.8 Å². The molecule has 0 aliphatic rings. The van der Waals surface area contributed by atoms with Crippen molar-refractivity contribution in [3.8, 4) is 5.75 Å². The first kappa shape index (κ1) is 26.5. The molecule has 9 nitrogen and oxygen atoms in total. The van der Waals surface area contributed by atoms with Gasteiger partial charge in [0, 0.05) is 23.9 Å². The summed E-state index contributed by atoms with van der Waals surface area (Å²) in [4.78, 5) is 13.3. The van der Waals surface area contributed by atoms with Gasteiger partial charge in [-0.3, -0.25) is 0 Å². The van der Waals surface area contributed by atoms with Gasteiger partial charge in [0.1, 0.15) is 23.7 Å². The van der Waals surface area contributed by atoms with E-state index >= 15 is 0 Å². The molecule has 0 aliphatic carbocycles. The molecule has 2 heterocycles. The van der Waals surface area contributed by atoms with E-state index in [-0.39, 0.29) is 11.7 Å². The Kier molecular flexibility index (Phi) is 7.99. The lowest BCUT2D eigenvalue weighted by Crippen LogP contribution is -2.23. The van der Waals surface area contributed by atoms with Crippen LogP contribution < -0.4 is 15.4 Å². The average molecular weight is 549 g/mol. The van der Waals surface area contributed by atoms with E-state index in [0.29, 0.717) is 31.3 Å². The summed E-state index contributed by atoms with van der Waals surface area (Å²) >= 11 is 0. The van der Waals surface area contributed by atoms with Crippen LogP contribution in [0.5, 0.6) is 5.75 Å². The molecule has 0 aliphatic heterocycles. The van der Waals surface area contributed by atoms with Gasteiger partial charge < -0.3 is 19.9 Å². The van der Waals surface area contributed by atoms with Crippen molar-refractivity contribution in [2.75, 3.05) is 30.6 Å². The highest BCUT2D eigenvalue weighted by molar-refractivity contribution is 7.90. The first-order valence-electron chi connectivity index (χ1n) is 12.6. The van der Waals surface area contributed by atoms with Crippen LogP contribution in [0.1, 0.15) is 18.4 Å². The predicted molar refractivity (Wildman–Crippen MR) is 150 cm³/mol. The molecule has 5 aromatic rings. The largest absolute Gasteiger partial charge is 0.494 e. The van der Waals surface area contributed by atoms with E-state index in [1.54, 1.807) is 12.4 Å². The summed E-state index contributed by atoms with van der Waals surface area (Å²) in [6.07, 6.45) is 6.07. The van der Waals surface area contributed by atoms with Crippen LogP contribution in [0.15, 0.2) is 73.3 Å². The lowest BCUT2D eigenvalue weighted by atomic mass is 10.2. The number of benzene rings is 3. The molecule has 202 valence electrons. The standard InChI is InChI=1S/C28H29FN6O3S/c1-39(36,37)19-30-11-2-3-12-38-23-8-10-25-24(15-23)28(32-17-31-25)34-22-7-9-26-27(14-22)35(18-33-26)16-20-5-4-6-21(29)13-20/h4-10,13-15,17-18,30H,2-3,11-12,16,19H2,1H3,(H,31,32,34). The Hall–Kier alpha value is -4.09. The maximum Gasteiger partial charge on any atom is 0.160 e. The van der Waals surface area contributed by atoms with Gasteiger partial charge >= 0.3 is 0 Å². The first-order chi connectivity index (χ1) is 18.8. The quantitative estimate of drug-likeness (QED) is 0.217. The second-order valence-electron chi connectivity index (χ2n) is 9.36. The van der Waals surface area contributed by atoms with Gasteiger partial charge in [0.2, 0.25) is 0 Å². The molecule has 39 heavy (non-hydrogen) atoms. The lowest BCUT2D eigenvalue weighted by Gasteiger charge is -2.11. The van der Waals surface area contributed by atoms with Crippen molar-refractivity contribution in [2.24, 2.45) is 0 Å². The van der Waals surface area contributed by atoms with E-state index in [2.05, 4.69) is 25.6 Å². The van der Waals surface area contributed by atoms with Gasteiger partial charge in [-0.25, -0.2) is 27.8 Å². The molecule has 0 fully saturated rings. The molecule has 0 spiro atoms. The summed E-state index contributed by atoms with van der Waals surface area (Å²) in [5, 5.41) is 7.13. The van der Waals surface area contributed by atoms with Crippen molar-refractivity contribution in [2.45, 2.75) is 19.4 Å². The molecule has 0 saturated heterocycles. The van der Waals surface area contributed by atoms with Crippen LogP contribution >= 0.6 is 0 Å². The van der Waals surface area contributed by atoms with Gasteiger partial charge in [-0.05, 0) is 73.5 Å². The third-order valence-corrected chi connectivity index (χ3v) is 6.84. The zero-order valence-corrected chi connectivity index (χ0v) is 22.3. The number of halogens is 1. The molecular formula is C28H29FN6O3S. The third-order valence-electron chi connectivity index (χ3n) is 6.11. The van der Waals surface area contributed by atoms with Crippen molar-refractivity contribution in [1.82, 2.24) is 24.8 Å². The maximum absolute atomic E-state index is 13.7. The number of ether oxygens (including phenoxy) is 1. The van der Waals surface area contributed by atoms with Crippen LogP contribution in [0.4, 0.5) is 15.9 Å². The number of imidazole rings is 1. The highest BCUT2D eigenvalue weighted by Gasteiger charge is 2.10. The summed E-state index contributed by atoms with van der Waals surface area (Å²) in [6, 6.07) is 18.1. The van der Waals surface area contributed by atoms with Crippen molar-refractivity contribution < 1.29 is 17.5 Å². The predicted octanol–water partition coefficient (Wildman–Crippen LogP) is 4.66. The molecule has 0 saturated carbocycles. The summed E-state index contributed by atoms with van der Waals surface area (Å²) < 4.78 is 43.9. The molecule has 0 bridgehead atoms. The number of nitrogens with zero attached hydrogens (tertiary/aromatic N) is 4. The minimum atomic E-state index is -3.01. The summed E-state index contributed by atoms with van der Waals surface area (Å²) in [6.45, 7) is 1.62. The average Bonchev–Trinajstić information content (AvgIpc) is 3.29. The van der Waals surface area contributed by atoms with Gasteiger partial charge in [-0.15, -0.1) is 0 Å². The summed E-state index contributed by atoms with van der Waals surface area (Å²) in [5.41, 5.74) is 4.22. The Labute approximate surface area is 226 Å². The van der Waals surface area contributed by atoms with E-state index in [4.69, 9.17) is 4.74 Å². The highest BCUT2D eigenvalue weighted by atomic mass is 32.2. The number of nitrogens with one attached hydrogen (secondary N) is 2. The molecule has 0 atom stereocenters. The van der Waals surface area contributed by atoms with Crippen LogP contribution in [0.2, 0.25) is 0 Å². The molecule has 5 rings (SSSR count). The van der Waals surface area contributed by atoms with E-state index < -0.39 is 9.84 Å². The molecule has 11 heteroatoms. The van der Waals surface area contributed by atoms with Crippen molar-refractivity contribution >= 4 is 43.3 Å². The smallest absolute Gasteiger partial charge is 0.160 e. The Balaban J connectivity index is 1.27. The monoisotopic (exact) mass is 548 g/mol. The summed E-state index contributed by atoms with van der Waals surface area (Å²) in [7, 11) is -3.01. The second-order valence-corrected chi connectivity index (χ2v) is 11.5. The van der Waals surface area contributed by atoms with Crippen LogP contribution in [0, 0.1) is 5.82 Å². The molecule has 0 unspecified atom stereocenters. The fraction of sp³-hybridized carbons (Fsp3) is 0.250. The Bertz CT molecular complexity index is 1710. The Morgan fingerprint density at radius 3 is 2.69 bits per heavy atom. The molecule has 2 aromatic heterocycles. The van der Waals surface area contributed by atoms with Crippen LogP contribution in [0.3, 0.4) is 0 Å². The number of rotatable bonds is 12. The van der Waals surface area contributed by atoms with E-state index in [0.717, 1.165) is 46.0 Å². The molecule has 0 amide bonds. The molecule has 3 aromatic carbocycles. The number of aromatic nitrogens is 4. The number of hydrogen-bond donors (Lipinski definition) is 2. The minimum Gasteiger partial charge on any atom is -0.494 e. The van der Waals surface area contributed by atoms with Gasteiger partial charge in [-0.1, -0.05) is 12.1 Å². The number of hydrogen-bond acceptors (Lipinski definition) is 8. The number of fused-ring (bicyclic) bond motifs is 2. The number of unbranched alkanes of at least 4 members (excludes halogenated alkanes) is 1. The third kappa shape index (κ3) is 7.06. The van der Waals surface area contributed by atoms with Crippen molar-refractivity contribution in [3.05, 3.63) is 84.7 Å². The maximum atomic E-state index is 13.7. The van der Waals surface area contributed by atoms with Gasteiger partial charge in [-0.2, -0.15) is 0 Å². The van der Waals surface area contributed by atoms with Crippen LogP contribution in [-0.4, -0.2) is 53.2 Å². The summed E-state index contributed by atoms with van der Waals surface area (Å²) in [5.74, 6) is 1.07. The Morgan fingerprint density at radius 2 is 1.85 bits per heavy atom. The van der Waals surface area contributed by atoms with Crippen molar-refractivity contribution in [3.63, 3.8) is 0 Å². The Morgan fingerprint density at radius 1 is 0.974 bits per heavy atom. The highest BCUT2D eigenvalue weighted by Crippen LogP contribution is 2.28. The first-order valence-corrected chi connectivity index (χ1v) is 14.6. The van der Waals surface area contributed by atoms with Crippen LogP contribution in [0.25, 0.3) is 21.9 Å². The van der Waals surface area contributed by atoms with Crippen molar-refractivity contribution in [1.29, 1.82) is 0 Å². The lowest BCUT2D eigenvalue weighted by molar-refractivity contribution is 0.306. The van der Waals surface area contributed by atoms with E-state index in [1.807, 2.05) is 47.0 Å². The molecule has 0 radical (unpaired) electrons. The molecule has 2 N–H and O–H groups in total. The second kappa shape index (κ2) is 11.7. The molecular weight excluding hydrogens is 519 g/mol. The normalized spacial score (nSPS) is 11.7. The van der Waals surface area contributed by atoms with Gasteiger partial charge in [0.15, 0.2) is 9.84 Å². The number of anilines is 2. The SMILES string of the molecule is CS(=O)(=O)CNCCCCOc1ccc2ncnc(Nc3ccc4ncn(Cc5cccc(F)c5)c4c3)c2c1. The fourth-order valence-electron chi connectivity index (χ4n) is 4.25.